The van der Waals surface area contributed by atoms with Gasteiger partial charge in [0.2, 0.25) is 5.76 Å². The number of para-hydroxylation sites is 1. The second-order valence-electron chi connectivity index (χ2n) is 5.97. The molecule has 1 aromatic carbocycles. The first-order valence-corrected chi connectivity index (χ1v) is 7.66. The smallest absolute Gasteiger partial charge is 0.291 e. The molecule has 1 fully saturated rings. The predicted octanol–water partition coefficient (Wildman–Crippen LogP) is 2.03. The monoisotopic (exact) mass is 316 g/mol. The first kappa shape index (κ1) is 15.6. The Morgan fingerprint density at radius 2 is 2.30 bits per heavy atom. The summed E-state index contributed by atoms with van der Waals surface area (Å²) < 4.78 is 10.8. The van der Waals surface area contributed by atoms with E-state index in [2.05, 4.69) is 4.98 Å². The van der Waals surface area contributed by atoms with Gasteiger partial charge in [0, 0.05) is 6.54 Å². The molecule has 2 heterocycles. The summed E-state index contributed by atoms with van der Waals surface area (Å²) in [4.78, 5) is 17.7. The minimum Gasteiger partial charge on any atom is -0.490 e. The average molecular weight is 316 g/mol. The Kier molecular flexibility index (Phi) is 4.34. The van der Waals surface area contributed by atoms with Crippen LogP contribution in [0, 0.1) is 6.92 Å². The molecule has 1 amide bonds. The van der Waals surface area contributed by atoms with E-state index in [4.69, 9.17) is 9.15 Å². The highest BCUT2D eigenvalue weighted by Gasteiger charge is 2.37. The van der Waals surface area contributed by atoms with Gasteiger partial charge >= 0.3 is 0 Å². The highest BCUT2D eigenvalue weighted by molar-refractivity contribution is 5.91. The van der Waals surface area contributed by atoms with Gasteiger partial charge in [0.1, 0.15) is 18.0 Å². The summed E-state index contributed by atoms with van der Waals surface area (Å²) in [7, 11) is 0. The van der Waals surface area contributed by atoms with Crippen molar-refractivity contribution in [2.75, 3.05) is 19.7 Å². The minimum atomic E-state index is -1.06. The molecule has 1 aliphatic heterocycles. The first-order chi connectivity index (χ1) is 11.1. The Labute approximate surface area is 134 Å². The fourth-order valence-electron chi connectivity index (χ4n) is 2.81. The number of carbonyl (C=O) groups excluding carboxylic acids is 1. The maximum atomic E-state index is 12.3. The summed E-state index contributed by atoms with van der Waals surface area (Å²) in [5, 5.41) is 10.8. The molecule has 6 nitrogen and oxygen atoms in total. The molecule has 1 saturated heterocycles. The van der Waals surface area contributed by atoms with Gasteiger partial charge in [0.05, 0.1) is 12.7 Å². The second kappa shape index (κ2) is 6.42. The van der Waals surface area contributed by atoms with Gasteiger partial charge in [-0.3, -0.25) is 4.79 Å². The standard InChI is InChI=1S/C17H20N2O4/c1-13-5-2-3-6-14(13)22-11-17(21)7-4-8-19(10-17)16(20)15-9-18-12-23-15/h2-3,5-6,9,12,21H,4,7-8,10-11H2,1H3. The van der Waals surface area contributed by atoms with Crippen LogP contribution in [0.5, 0.6) is 5.75 Å². The molecule has 0 saturated carbocycles. The SMILES string of the molecule is Cc1ccccc1OCC1(O)CCCN(C(=O)c2cnco2)C1. The van der Waals surface area contributed by atoms with E-state index in [9.17, 15) is 9.90 Å². The van der Waals surface area contributed by atoms with E-state index in [0.717, 1.165) is 11.3 Å². The molecule has 6 heteroatoms. The Bertz CT molecular complexity index is 671. The van der Waals surface area contributed by atoms with Crippen LogP contribution in [0.1, 0.15) is 29.0 Å². The number of piperidine rings is 1. The van der Waals surface area contributed by atoms with Crippen LogP contribution in [0.2, 0.25) is 0 Å². The number of likely N-dealkylation sites (tertiary alicyclic amines) is 1. The van der Waals surface area contributed by atoms with Crippen molar-refractivity contribution >= 4 is 5.91 Å². The largest absolute Gasteiger partial charge is 0.490 e. The van der Waals surface area contributed by atoms with Gasteiger partial charge in [-0.15, -0.1) is 0 Å². The van der Waals surface area contributed by atoms with Gasteiger partial charge < -0.3 is 19.2 Å². The van der Waals surface area contributed by atoms with Crippen molar-refractivity contribution in [3.63, 3.8) is 0 Å². The molecule has 1 N–H and O–H groups in total. The number of aryl methyl sites for hydroxylation is 1. The van der Waals surface area contributed by atoms with E-state index in [1.807, 2.05) is 31.2 Å². The van der Waals surface area contributed by atoms with Crippen molar-refractivity contribution in [1.82, 2.24) is 9.88 Å². The number of ether oxygens (including phenoxy) is 1. The summed E-state index contributed by atoms with van der Waals surface area (Å²) in [6.45, 7) is 2.92. The van der Waals surface area contributed by atoms with Crippen LogP contribution in [-0.4, -0.2) is 46.2 Å². The lowest BCUT2D eigenvalue weighted by molar-refractivity contribution is -0.0538. The van der Waals surface area contributed by atoms with E-state index in [1.54, 1.807) is 4.90 Å². The zero-order valence-corrected chi connectivity index (χ0v) is 13.1. The molecular formula is C17H20N2O4. The lowest BCUT2D eigenvalue weighted by atomic mass is 9.93. The maximum Gasteiger partial charge on any atom is 0.291 e. The molecule has 1 unspecified atom stereocenters. The number of nitrogens with zero attached hydrogens (tertiary/aromatic N) is 2. The Balaban J connectivity index is 1.65. The number of β-amino-alcohol motifs (C(OH)–C–C–N with tert-alkyl or cyclic N) is 1. The van der Waals surface area contributed by atoms with Crippen LogP contribution in [0.25, 0.3) is 0 Å². The molecule has 1 aromatic heterocycles. The number of benzene rings is 1. The van der Waals surface area contributed by atoms with Crippen LogP contribution in [0.4, 0.5) is 0 Å². The van der Waals surface area contributed by atoms with E-state index in [-0.39, 0.29) is 24.8 Å². The summed E-state index contributed by atoms with van der Waals surface area (Å²) in [6, 6.07) is 7.67. The normalized spacial score (nSPS) is 21.2. The van der Waals surface area contributed by atoms with Crippen molar-refractivity contribution in [2.24, 2.45) is 0 Å². The van der Waals surface area contributed by atoms with E-state index < -0.39 is 5.60 Å². The Hall–Kier alpha value is -2.34. The maximum absolute atomic E-state index is 12.3. The molecule has 1 atom stereocenters. The quantitative estimate of drug-likeness (QED) is 0.934. The fraction of sp³-hybridized carbons (Fsp3) is 0.412. The Morgan fingerprint density at radius 1 is 1.48 bits per heavy atom. The van der Waals surface area contributed by atoms with E-state index in [0.29, 0.717) is 19.4 Å². The second-order valence-corrected chi connectivity index (χ2v) is 5.97. The van der Waals surface area contributed by atoms with Crippen LogP contribution < -0.4 is 4.74 Å². The van der Waals surface area contributed by atoms with Crippen LogP contribution >= 0.6 is 0 Å². The summed E-state index contributed by atoms with van der Waals surface area (Å²) in [5.41, 5.74) is -0.0440. The van der Waals surface area contributed by atoms with Crippen LogP contribution in [0.3, 0.4) is 0 Å². The number of hydrogen-bond acceptors (Lipinski definition) is 5. The van der Waals surface area contributed by atoms with Crippen molar-refractivity contribution in [3.8, 4) is 5.75 Å². The molecule has 0 radical (unpaired) electrons. The topological polar surface area (TPSA) is 75.8 Å². The van der Waals surface area contributed by atoms with Crippen molar-refractivity contribution in [2.45, 2.75) is 25.4 Å². The third-order valence-corrected chi connectivity index (χ3v) is 4.08. The summed E-state index contributed by atoms with van der Waals surface area (Å²) in [5.74, 6) is 0.685. The zero-order chi connectivity index (χ0) is 16.3. The summed E-state index contributed by atoms with van der Waals surface area (Å²) >= 11 is 0. The van der Waals surface area contributed by atoms with Gasteiger partial charge in [-0.1, -0.05) is 18.2 Å². The third kappa shape index (κ3) is 3.53. The molecule has 23 heavy (non-hydrogen) atoms. The van der Waals surface area contributed by atoms with Crippen molar-refractivity contribution in [1.29, 1.82) is 0 Å². The molecule has 0 bridgehead atoms. The number of aromatic nitrogens is 1. The van der Waals surface area contributed by atoms with Crippen LogP contribution in [0.15, 0.2) is 41.3 Å². The first-order valence-electron chi connectivity index (χ1n) is 7.66. The highest BCUT2D eigenvalue weighted by Crippen LogP contribution is 2.25. The third-order valence-electron chi connectivity index (χ3n) is 4.08. The molecule has 0 spiro atoms. The Morgan fingerprint density at radius 3 is 3.04 bits per heavy atom. The van der Waals surface area contributed by atoms with E-state index >= 15 is 0 Å². The molecule has 0 aliphatic carbocycles. The van der Waals surface area contributed by atoms with Crippen molar-refractivity contribution < 1.29 is 19.1 Å². The average Bonchev–Trinajstić information content (AvgIpc) is 3.08. The number of carbonyl (C=O) groups is 1. The van der Waals surface area contributed by atoms with Gasteiger partial charge in [0.25, 0.3) is 5.91 Å². The number of oxazole rings is 1. The number of rotatable bonds is 4. The molecule has 3 rings (SSSR count). The van der Waals surface area contributed by atoms with Crippen molar-refractivity contribution in [3.05, 3.63) is 48.2 Å². The molecular weight excluding hydrogens is 296 g/mol. The van der Waals surface area contributed by atoms with Gasteiger partial charge in [0.15, 0.2) is 6.39 Å². The number of aliphatic hydroxyl groups is 1. The van der Waals surface area contributed by atoms with Crippen LogP contribution in [-0.2, 0) is 0 Å². The number of hydrogen-bond donors (Lipinski definition) is 1. The minimum absolute atomic E-state index is 0.151. The van der Waals surface area contributed by atoms with Gasteiger partial charge in [-0.25, -0.2) is 4.98 Å². The lowest BCUT2D eigenvalue weighted by Crippen LogP contribution is -2.53. The zero-order valence-electron chi connectivity index (χ0n) is 13.1. The fourth-order valence-corrected chi connectivity index (χ4v) is 2.81. The predicted molar refractivity (Wildman–Crippen MR) is 83.3 cm³/mol. The molecule has 1 aliphatic rings. The molecule has 2 aromatic rings. The lowest BCUT2D eigenvalue weighted by Gasteiger charge is -2.38. The summed E-state index contributed by atoms with van der Waals surface area (Å²) in [6.07, 6.45) is 3.93. The highest BCUT2D eigenvalue weighted by atomic mass is 16.5. The molecule has 122 valence electrons. The van der Waals surface area contributed by atoms with E-state index in [1.165, 1.54) is 12.6 Å². The van der Waals surface area contributed by atoms with Gasteiger partial charge in [-0.05, 0) is 31.4 Å². The number of amides is 1. The van der Waals surface area contributed by atoms with Gasteiger partial charge in [-0.2, -0.15) is 0 Å².